The highest BCUT2D eigenvalue weighted by Crippen LogP contribution is 2.35. The van der Waals surface area contributed by atoms with E-state index < -0.39 is 0 Å². The number of carbonyl (C=O) groups excluding carboxylic acids is 2. The van der Waals surface area contributed by atoms with Crippen LogP contribution in [0.15, 0.2) is 41.4 Å². The molecule has 0 aliphatic carbocycles. The average molecular weight is 454 g/mol. The van der Waals surface area contributed by atoms with Crippen LogP contribution >= 0.6 is 11.3 Å². The number of benzene rings is 1. The van der Waals surface area contributed by atoms with E-state index in [1.807, 2.05) is 31.4 Å². The lowest BCUT2D eigenvalue weighted by atomic mass is 10.1. The molecule has 6 nitrogen and oxygen atoms in total. The third kappa shape index (κ3) is 4.32. The third-order valence-corrected chi connectivity index (χ3v) is 7.08. The van der Waals surface area contributed by atoms with Gasteiger partial charge in [-0.15, -0.1) is 11.3 Å². The lowest BCUT2D eigenvalue weighted by molar-refractivity contribution is -0.138. The van der Waals surface area contributed by atoms with Gasteiger partial charge >= 0.3 is 0 Å². The molecular weight excluding hydrogens is 422 g/mol. The maximum absolute atomic E-state index is 13.4. The summed E-state index contributed by atoms with van der Waals surface area (Å²) >= 11 is 1.50. The molecule has 2 amide bonds. The monoisotopic (exact) mass is 453 g/mol. The van der Waals surface area contributed by atoms with Crippen molar-refractivity contribution in [2.24, 2.45) is 0 Å². The van der Waals surface area contributed by atoms with Crippen molar-refractivity contribution in [1.29, 1.82) is 0 Å². The van der Waals surface area contributed by atoms with Crippen molar-refractivity contribution in [3.8, 4) is 0 Å². The number of imide groups is 1. The molecule has 4 rings (SSSR count). The first-order valence-electron chi connectivity index (χ1n) is 11.2. The van der Waals surface area contributed by atoms with Crippen LogP contribution in [-0.4, -0.2) is 67.0 Å². The summed E-state index contributed by atoms with van der Waals surface area (Å²) in [5.74, 6) is -0.414. The second-order valence-electron chi connectivity index (χ2n) is 8.58. The molecular formula is C25H31N3O3S. The molecule has 170 valence electrons. The maximum atomic E-state index is 13.4. The number of aryl methyl sites for hydroxylation is 1. The van der Waals surface area contributed by atoms with Crippen molar-refractivity contribution in [1.82, 2.24) is 9.80 Å². The molecule has 1 fully saturated rings. The second kappa shape index (κ2) is 9.46. The minimum absolute atomic E-state index is 0.0603. The molecule has 1 aromatic heterocycles. The van der Waals surface area contributed by atoms with Crippen LogP contribution < -0.4 is 4.90 Å². The molecule has 7 heteroatoms. The van der Waals surface area contributed by atoms with Crippen molar-refractivity contribution in [3.63, 3.8) is 0 Å². The van der Waals surface area contributed by atoms with E-state index in [4.69, 9.17) is 4.74 Å². The molecule has 0 bridgehead atoms. The molecule has 0 radical (unpaired) electrons. The fraction of sp³-hybridized carbons (Fsp3) is 0.440. The van der Waals surface area contributed by atoms with E-state index >= 15 is 0 Å². The van der Waals surface area contributed by atoms with Gasteiger partial charge in [0.05, 0.1) is 24.8 Å². The molecule has 32 heavy (non-hydrogen) atoms. The van der Waals surface area contributed by atoms with Gasteiger partial charge in [0.15, 0.2) is 0 Å². The Morgan fingerprint density at radius 2 is 1.69 bits per heavy atom. The highest BCUT2D eigenvalue weighted by Gasteiger charge is 2.42. The quantitative estimate of drug-likeness (QED) is 0.599. The van der Waals surface area contributed by atoms with Crippen molar-refractivity contribution >= 4 is 34.4 Å². The smallest absolute Gasteiger partial charge is 0.277 e. The molecule has 3 heterocycles. The van der Waals surface area contributed by atoms with Crippen LogP contribution in [0.5, 0.6) is 0 Å². The summed E-state index contributed by atoms with van der Waals surface area (Å²) in [6, 6.07) is 10.2. The van der Waals surface area contributed by atoms with Crippen LogP contribution in [-0.2, 0) is 14.3 Å². The van der Waals surface area contributed by atoms with Gasteiger partial charge in [-0.1, -0.05) is 18.2 Å². The lowest BCUT2D eigenvalue weighted by Gasteiger charge is -2.38. The average Bonchev–Trinajstić information content (AvgIpc) is 3.38. The molecule has 0 spiro atoms. The summed E-state index contributed by atoms with van der Waals surface area (Å²) < 4.78 is 5.61. The molecule has 2 aliphatic heterocycles. The van der Waals surface area contributed by atoms with Crippen LogP contribution in [0.1, 0.15) is 29.9 Å². The van der Waals surface area contributed by atoms with E-state index in [9.17, 15) is 9.59 Å². The van der Waals surface area contributed by atoms with Gasteiger partial charge in [-0.25, -0.2) is 0 Å². The van der Waals surface area contributed by atoms with Gasteiger partial charge in [0.1, 0.15) is 5.70 Å². The van der Waals surface area contributed by atoms with Crippen LogP contribution in [0.4, 0.5) is 5.69 Å². The zero-order chi connectivity index (χ0) is 22.8. The Morgan fingerprint density at radius 1 is 0.969 bits per heavy atom. The molecule has 0 unspecified atom stereocenters. The Hall–Kier alpha value is -2.64. The molecule has 1 aromatic carbocycles. The standard InChI is InChI=1S/C25H31N3O3S/c1-17(2)31-15-14-28-24(29)22(21-9-6-16-32-21)23(25(28)30)27-12-10-26(11-13-27)20-8-5-7-18(3)19(20)4/h5-9,16-17H,10-15H2,1-4H3. The van der Waals surface area contributed by atoms with Crippen LogP contribution in [0.25, 0.3) is 5.57 Å². The summed E-state index contributed by atoms with van der Waals surface area (Å²) in [6.45, 7) is 11.8. The summed E-state index contributed by atoms with van der Waals surface area (Å²) in [7, 11) is 0. The number of hydrogen-bond donors (Lipinski definition) is 0. The minimum atomic E-state index is -0.211. The molecule has 2 aromatic rings. The van der Waals surface area contributed by atoms with Crippen LogP contribution in [0.3, 0.4) is 0 Å². The van der Waals surface area contributed by atoms with Crippen LogP contribution in [0, 0.1) is 13.8 Å². The lowest BCUT2D eigenvalue weighted by Crippen LogP contribution is -2.48. The second-order valence-corrected chi connectivity index (χ2v) is 9.52. The molecule has 0 saturated carbocycles. The number of hydrogen-bond acceptors (Lipinski definition) is 6. The highest BCUT2D eigenvalue weighted by molar-refractivity contribution is 7.11. The van der Waals surface area contributed by atoms with Gasteiger partial charge in [0.25, 0.3) is 11.8 Å². The first kappa shape index (κ1) is 22.6. The molecule has 2 aliphatic rings. The normalized spacial score (nSPS) is 17.3. The fourth-order valence-electron chi connectivity index (χ4n) is 4.33. The van der Waals surface area contributed by atoms with Gasteiger partial charge in [-0.2, -0.15) is 0 Å². The number of amides is 2. The molecule has 1 saturated heterocycles. The zero-order valence-electron chi connectivity index (χ0n) is 19.3. The number of rotatable bonds is 7. The third-order valence-electron chi connectivity index (χ3n) is 6.19. The largest absolute Gasteiger partial charge is 0.377 e. The zero-order valence-corrected chi connectivity index (χ0v) is 20.1. The Kier molecular flexibility index (Phi) is 6.67. The van der Waals surface area contributed by atoms with Gasteiger partial charge in [-0.05, 0) is 56.3 Å². The first-order chi connectivity index (χ1) is 15.4. The molecule has 0 N–H and O–H groups in total. The van der Waals surface area contributed by atoms with E-state index in [0.717, 1.165) is 18.0 Å². The van der Waals surface area contributed by atoms with Gasteiger partial charge in [0.2, 0.25) is 0 Å². The predicted octanol–water partition coefficient (Wildman–Crippen LogP) is 3.69. The fourth-order valence-corrected chi connectivity index (χ4v) is 5.09. The summed E-state index contributed by atoms with van der Waals surface area (Å²) in [6.07, 6.45) is 0.0603. The highest BCUT2D eigenvalue weighted by atomic mass is 32.1. The Labute approximate surface area is 194 Å². The minimum Gasteiger partial charge on any atom is -0.377 e. The van der Waals surface area contributed by atoms with Gasteiger partial charge < -0.3 is 14.5 Å². The Bertz CT molecular complexity index is 1020. The predicted molar refractivity (Wildman–Crippen MR) is 129 cm³/mol. The van der Waals surface area contributed by atoms with E-state index in [0.29, 0.717) is 31.0 Å². The number of nitrogens with zero attached hydrogens (tertiary/aromatic N) is 3. The Morgan fingerprint density at radius 3 is 2.34 bits per heavy atom. The van der Waals surface area contributed by atoms with Crippen molar-refractivity contribution < 1.29 is 14.3 Å². The summed E-state index contributed by atoms with van der Waals surface area (Å²) in [5.41, 5.74) is 4.90. The molecule has 0 atom stereocenters. The van der Waals surface area contributed by atoms with Crippen molar-refractivity contribution in [2.45, 2.75) is 33.8 Å². The van der Waals surface area contributed by atoms with E-state index in [1.54, 1.807) is 0 Å². The van der Waals surface area contributed by atoms with Gasteiger partial charge in [-0.3, -0.25) is 14.5 Å². The summed E-state index contributed by atoms with van der Waals surface area (Å²) in [4.78, 5) is 33.3. The number of piperazine rings is 1. The first-order valence-corrected chi connectivity index (χ1v) is 12.1. The maximum Gasteiger partial charge on any atom is 0.277 e. The van der Waals surface area contributed by atoms with E-state index in [1.165, 1.54) is 33.1 Å². The number of carbonyl (C=O) groups is 2. The van der Waals surface area contributed by atoms with Crippen molar-refractivity contribution in [3.05, 3.63) is 57.4 Å². The van der Waals surface area contributed by atoms with E-state index in [2.05, 4.69) is 41.8 Å². The Balaban J connectivity index is 1.55. The number of ether oxygens (including phenoxy) is 1. The number of thiophene rings is 1. The SMILES string of the molecule is Cc1cccc(N2CCN(C3=C(c4cccs4)C(=O)N(CCOC(C)C)C3=O)CC2)c1C. The summed E-state index contributed by atoms with van der Waals surface area (Å²) in [5, 5.41) is 1.95. The van der Waals surface area contributed by atoms with E-state index in [-0.39, 0.29) is 24.5 Å². The number of anilines is 1. The van der Waals surface area contributed by atoms with Crippen molar-refractivity contribution in [2.75, 3.05) is 44.2 Å². The van der Waals surface area contributed by atoms with Crippen LogP contribution in [0.2, 0.25) is 0 Å². The van der Waals surface area contributed by atoms with Gasteiger partial charge in [0, 0.05) is 36.7 Å². The topological polar surface area (TPSA) is 53.1 Å².